The van der Waals surface area contributed by atoms with Gasteiger partial charge in [-0.2, -0.15) is 15.3 Å². The first-order valence-corrected chi connectivity index (χ1v) is 8.81. The molecule has 0 aliphatic rings. The monoisotopic (exact) mass is 337 g/mol. The maximum atomic E-state index is 4.46. The molecule has 1 atom stereocenters. The van der Waals surface area contributed by atoms with E-state index in [4.69, 9.17) is 0 Å². The SMILES string of the molecule is CCCC(N=Nc1nc2ccccc2s1)N=Nc1ccccc1C. The van der Waals surface area contributed by atoms with Crippen LogP contribution in [0.4, 0.5) is 10.8 Å². The van der Waals surface area contributed by atoms with Crippen LogP contribution in [-0.4, -0.2) is 11.1 Å². The third-order valence-electron chi connectivity index (χ3n) is 3.52. The van der Waals surface area contributed by atoms with E-state index in [0.29, 0.717) is 5.13 Å². The summed E-state index contributed by atoms with van der Waals surface area (Å²) in [5.41, 5.74) is 2.92. The van der Waals surface area contributed by atoms with E-state index in [1.54, 1.807) is 0 Å². The highest BCUT2D eigenvalue weighted by Gasteiger charge is 2.06. The van der Waals surface area contributed by atoms with E-state index >= 15 is 0 Å². The topological polar surface area (TPSA) is 62.3 Å². The first-order chi connectivity index (χ1) is 11.8. The van der Waals surface area contributed by atoms with Crippen LogP contribution in [0, 0.1) is 6.92 Å². The van der Waals surface area contributed by atoms with Crippen molar-refractivity contribution < 1.29 is 0 Å². The zero-order valence-electron chi connectivity index (χ0n) is 13.8. The van der Waals surface area contributed by atoms with Crippen molar-refractivity contribution in [2.24, 2.45) is 20.5 Å². The molecule has 6 heteroatoms. The number of hydrogen-bond donors (Lipinski definition) is 0. The van der Waals surface area contributed by atoms with Gasteiger partial charge in [0.1, 0.15) is 0 Å². The Hall–Kier alpha value is -2.47. The lowest BCUT2D eigenvalue weighted by molar-refractivity contribution is 0.583. The predicted octanol–water partition coefficient (Wildman–Crippen LogP) is 6.60. The molecule has 0 saturated heterocycles. The number of aromatic nitrogens is 1. The summed E-state index contributed by atoms with van der Waals surface area (Å²) in [4.78, 5) is 4.46. The van der Waals surface area contributed by atoms with Crippen LogP contribution < -0.4 is 0 Å². The first kappa shape index (κ1) is 16.4. The lowest BCUT2D eigenvalue weighted by atomic mass is 10.2. The third kappa shape index (κ3) is 4.08. The van der Waals surface area contributed by atoms with E-state index in [9.17, 15) is 0 Å². The second kappa shape index (κ2) is 7.88. The summed E-state index contributed by atoms with van der Waals surface area (Å²) in [5, 5.41) is 18.0. The van der Waals surface area contributed by atoms with Crippen LogP contribution in [0.25, 0.3) is 10.2 Å². The number of azo groups is 2. The van der Waals surface area contributed by atoms with Gasteiger partial charge in [-0.05, 0) is 37.1 Å². The number of rotatable bonds is 6. The van der Waals surface area contributed by atoms with Gasteiger partial charge in [-0.1, -0.05) is 55.0 Å². The van der Waals surface area contributed by atoms with Gasteiger partial charge < -0.3 is 0 Å². The van der Waals surface area contributed by atoms with Crippen molar-refractivity contribution in [2.45, 2.75) is 32.9 Å². The Labute approximate surface area is 145 Å². The Kier molecular flexibility index (Phi) is 5.38. The number of benzene rings is 2. The second-order valence-electron chi connectivity index (χ2n) is 5.45. The Morgan fingerprint density at radius 3 is 2.54 bits per heavy atom. The van der Waals surface area contributed by atoms with Gasteiger partial charge in [0.15, 0.2) is 6.17 Å². The van der Waals surface area contributed by atoms with Gasteiger partial charge in [-0.25, -0.2) is 4.98 Å². The Morgan fingerprint density at radius 1 is 1.00 bits per heavy atom. The minimum absolute atomic E-state index is 0.276. The van der Waals surface area contributed by atoms with Gasteiger partial charge >= 0.3 is 0 Å². The summed E-state index contributed by atoms with van der Waals surface area (Å²) in [5.74, 6) is 0. The lowest BCUT2D eigenvalue weighted by Gasteiger charge is -2.03. The van der Waals surface area contributed by atoms with E-state index < -0.39 is 0 Å². The van der Waals surface area contributed by atoms with Crippen molar-refractivity contribution >= 4 is 32.4 Å². The molecule has 1 aromatic heterocycles. The zero-order valence-corrected chi connectivity index (χ0v) is 14.6. The number of para-hydroxylation sites is 1. The highest BCUT2D eigenvalue weighted by molar-refractivity contribution is 7.21. The lowest BCUT2D eigenvalue weighted by Crippen LogP contribution is -1.97. The van der Waals surface area contributed by atoms with Crippen LogP contribution >= 0.6 is 11.3 Å². The van der Waals surface area contributed by atoms with Crippen molar-refractivity contribution in [1.82, 2.24) is 4.98 Å². The summed E-state index contributed by atoms with van der Waals surface area (Å²) >= 11 is 1.53. The zero-order chi connectivity index (χ0) is 16.8. The predicted molar refractivity (Wildman–Crippen MR) is 98.5 cm³/mol. The summed E-state index contributed by atoms with van der Waals surface area (Å²) in [7, 11) is 0. The minimum atomic E-state index is -0.276. The molecule has 0 aliphatic carbocycles. The van der Waals surface area contributed by atoms with Crippen molar-refractivity contribution in [3.8, 4) is 0 Å². The van der Waals surface area contributed by atoms with Gasteiger partial charge in [-0.3, -0.25) is 0 Å². The highest BCUT2D eigenvalue weighted by atomic mass is 32.1. The normalized spacial score (nSPS) is 13.2. The third-order valence-corrected chi connectivity index (χ3v) is 4.44. The van der Waals surface area contributed by atoms with E-state index in [0.717, 1.165) is 34.3 Å². The van der Waals surface area contributed by atoms with Gasteiger partial charge in [0.25, 0.3) is 0 Å². The largest absolute Gasteiger partial charge is 0.230 e. The first-order valence-electron chi connectivity index (χ1n) is 7.99. The Bertz CT molecular complexity index is 835. The molecule has 0 amide bonds. The maximum absolute atomic E-state index is 4.46. The van der Waals surface area contributed by atoms with Crippen LogP contribution in [-0.2, 0) is 0 Å². The minimum Gasteiger partial charge on any atom is -0.217 e. The van der Waals surface area contributed by atoms with Gasteiger partial charge in [0.2, 0.25) is 5.13 Å². The second-order valence-corrected chi connectivity index (χ2v) is 6.46. The van der Waals surface area contributed by atoms with Gasteiger partial charge in [0, 0.05) is 0 Å². The van der Waals surface area contributed by atoms with Crippen molar-refractivity contribution in [1.29, 1.82) is 0 Å². The van der Waals surface area contributed by atoms with Crippen molar-refractivity contribution in [3.05, 3.63) is 54.1 Å². The standard InChI is InChI=1S/C18H19N5S/c1-3-8-17(21-20-14-10-5-4-9-13(14)2)22-23-18-19-15-11-6-7-12-16(15)24-18/h4-7,9-12,17H,3,8H2,1-2H3. The molecule has 2 aromatic carbocycles. The van der Waals surface area contributed by atoms with Crippen molar-refractivity contribution in [3.63, 3.8) is 0 Å². The molecule has 24 heavy (non-hydrogen) atoms. The molecule has 0 fully saturated rings. The maximum Gasteiger partial charge on any atom is 0.230 e. The molecule has 0 N–H and O–H groups in total. The van der Waals surface area contributed by atoms with Crippen LogP contribution in [0.1, 0.15) is 25.3 Å². The van der Waals surface area contributed by atoms with Gasteiger partial charge in [0.05, 0.1) is 15.9 Å². The molecule has 0 aliphatic heterocycles. The smallest absolute Gasteiger partial charge is 0.217 e. The molecule has 3 rings (SSSR count). The molecule has 0 bridgehead atoms. The molecule has 0 saturated carbocycles. The van der Waals surface area contributed by atoms with Gasteiger partial charge in [-0.15, -0.1) is 5.11 Å². The molecule has 1 unspecified atom stereocenters. The molecule has 0 radical (unpaired) electrons. The summed E-state index contributed by atoms with van der Waals surface area (Å²) < 4.78 is 1.11. The average molecular weight is 337 g/mol. The fraction of sp³-hybridized carbons (Fsp3) is 0.278. The fourth-order valence-electron chi connectivity index (χ4n) is 2.22. The number of thiazole rings is 1. The van der Waals surface area contributed by atoms with E-state index in [2.05, 4.69) is 32.4 Å². The Balaban J connectivity index is 1.76. The van der Waals surface area contributed by atoms with E-state index in [1.165, 1.54) is 11.3 Å². The molecule has 122 valence electrons. The average Bonchev–Trinajstić information content (AvgIpc) is 3.01. The fourth-order valence-corrected chi connectivity index (χ4v) is 3.01. The number of fused-ring (bicyclic) bond motifs is 1. The molecule has 1 heterocycles. The van der Waals surface area contributed by atoms with Crippen LogP contribution in [0.3, 0.4) is 0 Å². The molecule has 5 nitrogen and oxygen atoms in total. The quantitative estimate of drug-likeness (QED) is 0.467. The summed E-state index contributed by atoms with van der Waals surface area (Å²) in [6.45, 7) is 4.12. The molecule has 3 aromatic rings. The van der Waals surface area contributed by atoms with Crippen molar-refractivity contribution in [2.75, 3.05) is 0 Å². The van der Waals surface area contributed by atoms with Crippen LogP contribution in [0.5, 0.6) is 0 Å². The van der Waals surface area contributed by atoms with Crippen LogP contribution in [0.15, 0.2) is 69.0 Å². The summed E-state index contributed by atoms with van der Waals surface area (Å²) in [6.07, 6.45) is 1.50. The van der Waals surface area contributed by atoms with E-state index in [1.807, 2.05) is 55.5 Å². The highest BCUT2D eigenvalue weighted by Crippen LogP contribution is 2.28. The molecular formula is C18H19N5S. The number of hydrogen-bond acceptors (Lipinski definition) is 6. The van der Waals surface area contributed by atoms with Crippen LogP contribution in [0.2, 0.25) is 0 Å². The molecular weight excluding hydrogens is 318 g/mol. The Morgan fingerprint density at radius 2 is 1.75 bits per heavy atom. The number of aryl methyl sites for hydroxylation is 1. The molecule has 0 spiro atoms. The summed E-state index contributed by atoms with van der Waals surface area (Å²) in [6, 6.07) is 15.9. The van der Waals surface area contributed by atoms with E-state index in [-0.39, 0.29) is 6.17 Å². The number of nitrogens with zero attached hydrogens (tertiary/aromatic N) is 5.